The summed E-state index contributed by atoms with van der Waals surface area (Å²) >= 11 is 0. The van der Waals surface area contributed by atoms with Crippen molar-refractivity contribution in [2.45, 2.75) is 26.4 Å². The predicted molar refractivity (Wildman–Crippen MR) is 75.4 cm³/mol. The molecule has 108 valence electrons. The lowest BCUT2D eigenvalue weighted by molar-refractivity contribution is -0.114. The number of carbonyl (C=O) groups is 2. The molecule has 0 fully saturated rings. The van der Waals surface area contributed by atoms with E-state index in [4.69, 9.17) is 9.47 Å². The van der Waals surface area contributed by atoms with Gasteiger partial charge in [0.1, 0.15) is 5.75 Å². The highest BCUT2D eigenvalue weighted by Crippen LogP contribution is 2.31. The lowest BCUT2D eigenvalue weighted by Gasteiger charge is -2.22. The highest BCUT2D eigenvalue weighted by Gasteiger charge is 2.35. The zero-order valence-corrected chi connectivity index (χ0v) is 12.2. The first kappa shape index (κ1) is 14.5. The van der Waals surface area contributed by atoms with E-state index in [0.717, 1.165) is 0 Å². The maximum Gasteiger partial charge on any atom is 0.299 e. The predicted octanol–water partition coefficient (Wildman–Crippen LogP) is 2.04. The molecule has 1 aliphatic rings. The van der Waals surface area contributed by atoms with E-state index in [1.165, 1.54) is 12.0 Å². The van der Waals surface area contributed by atoms with Crippen molar-refractivity contribution in [3.05, 3.63) is 23.8 Å². The Morgan fingerprint density at radius 1 is 1.20 bits per heavy atom. The van der Waals surface area contributed by atoms with Crippen LogP contribution in [0, 0.1) is 0 Å². The number of hydrogen-bond acceptors (Lipinski definition) is 4. The van der Waals surface area contributed by atoms with Crippen LogP contribution in [0.5, 0.6) is 5.75 Å². The zero-order chi connectivity index (χ0) is 14.9. The van der Waals surface area contributed by atoms with Gasteiger partial charge < -0.3 is 14.4 Å². The molecule has 0 spiro atoms. The summed E-state index contributed by atoms with van der Waals surface area (Å²) in [5, 5.41) is 0. The largest absolute Gasteiger partial charge is 0.497 e. The Kier molecular flexibility index (Phi) is 3.81. The quantitative estimate of drug-likeness (QED) is 0.790. The molecule has 0 saturated carbocycles. The van der Waals surface area contributed by atoms with Crippen LogP contribution in [0.4, 0.5) is 5.69 Å². The molecule has 20 heavy (non-hydrogen) atoms. The number of benzene rings is 1. The topological polar surface area (TPSA) is 55.8 Å². The standard InChI is InChI=1S/C15H19NO4/c1-15(2,3)20-8-7-16-12-6-5-10(19-4)9-11(12)13(17)14(16)18/h5-6,9H,7-8H2,1-4H3. The Hall–Kier alpha value is -1.88. The first-order valence-electron chi connectivity index (χ1n) is 6.51. The molecule has 2 rings (SSSR count). The number of ketones is 1. The lowest BCUT2D eigenvalue weighted by atomic mass is 10.1. The van der Waals surface area contributed by atoms with Crippen LogP contribution in [0.25, 0.3) is 0 Å². The number of Topliss-reactive ketones (excluding diaryl/α,β-unsaturated/α-hetero) is 1. The summed E-state index contributed by atoms with van der Waals surface area (Å²) in [7, 11) is 1.53. The van der Waals surface area contributed by atoms with Gasteiger partial charge in [-0.05, 0) is 39.0 Å². The molecular formula is C15H19NO4. The van der Waals surface area contributed by atoms with Gasteiger partial charge in [-0.25, -0.2) is 0 Å². The molecule has 0 unspecified atom stereocenters. The van der Waals surface area contributed by atoms with Crippen LogP contribution in [0.15, 0.2) is 18.2 Å². The highest BCUT2D eigenvalue weighted by molar-refractivity contribution is 6.52. The van der Waals surface area contributed by atoms with Crippen molar-refractivity contribution >= 4 is 17.4 Å². The van der Waals surface area contributed by atoms with Crippen LogP contribution in [0.2, 0.25) is 0 Å². The number of methoxy groups -OCH3 is 1. The Morgan fingerprint density at radius 2 is 1.90 bits per heavy atom. The van der Waals surface area contributed by atoms with Gasteiger partial charge in [-0.3, -0.25) is 9.59 Å². The number of nitrogens with zero attached hydrogens (tertiary/aromatic N) is 1. The fraction of sp³-hybridized carbons (Fsp3) is 0.467. The summed E-state index contributed by atoms with van der Waals surface area (Å²) in [6, 6.07) is 5.07. The molecule has 1 aliphatic heterocycles. The van der Waals surface area contributed by atoms with Gasteiger partial charge >= 0.3 is 0 Å². The fourth-order valence-electron chi connectivity index (χ4n) is 2.07. The van der Waals surface area contributed by atoms with Crippen molar-refractivity contribution in [2.75, 3.05) is 25.2 Å². The third-order valence-corrected chi connectivity index (χ3v) is 3.03. The average molecular weight is 277 g/mol. The van der Waals surface area contributed by atoms with Crippen LogP contribution < -0.4 is 9.64 Å². The van der Waals surface area contributed by atoms with E-state index in [1.54, 1.807) is 18.2 Å². The van der Waals surface area contributed by atoms with E-state index in [0.29, 0.717) is 30.2 Å². The van der Waals surface area contributed by atoms with Crippen LogP contribution in [0.1, 0.15) is 31.1 Å². The molecule has 0 radical (unpaired) electrons. The van der Waals surface area contributed by atoms with Gasteiger partial charge in [-0.2, -0.15) is 0 Å². The molecule has 5 heteroatoms. The van der Waals surface area contributed by atoms with Gasteiger partial charge in [0.05, 0.1) is 30.6 Å². The van der Waals surface area contributed by atoms with Gasteiger partial charge in [0.15, 0.2) is 0 Å². The number of anilines is 1. The van der Waals surface area contributed by atoms with Gasteiger partial charge in [0, 0.05) is 6.54 Å². The van der Waals surface area contributed by atoms with E-state index in [-0.39, 0.29) is 5.60 Å². The van der Waals surface area contributed by atoms with Gasteiger partial charge in [0.2, 0.25) is 0 Å². The normalized spacial score (nSPS) is 14.7. The minimum atomic E-state index is -0.509. The van der Waals surface area contributed by atoms with Crippen molar-refractivity contribution in [1.82, 2.24) is 0 Å². The van der Waals surface area contributed by atoms with Crippen LogP contribution >= 0.6 is 0 Å². The molecule has 0 N–H and O–H groups in total. The summed E-state index contributed by atoms with van der Waals surface area (Å²) in [4.78, 5) is 25.4. The van der Waals surface area contributed by atoms with E-state index in [1.807, 2.05) is 20.8 Å². The maximum absolute atomic E-state index is 12.0. The average Bonchev–Trinajstić information content (AvgIpc) is 2.62. The summed E-state index contributed by atoms with van der Waals surface area (Å²) in [6.07, 6.45) is 0. The molecule has 0 atom stereocenters. The first-order valence-corrected chi connectivity index (χ1v) is 6.51. The molecule has 0 aliphatic carbocycles. The Morgan fingerprint density at radius 3 is 2.50 bits per heavy atom. The van der Waals surface area contributed by atoms with E-state index < -0.39 is 11.7 Å². The molecule has 1 amide bonds. The molecule has 1 aromatic rings. The number of carbonyl (C=O) groups excluding carboxylic acids is 2. The SMILES string of the molecule is COc1ccc2c(c1)C(=O)C(=O)N2CCOC(C)(C)C. The number of ether oxygens (including phenoxy) is 2. The van der Waals surface area contributed by atoms with Crippen molar-refractivity contribution in [1.29, 1.82) is 0 Å². The Labute approximate surface area is 118 Å². The van der Waals surface area contributed by atoms with Gasteiger partial charge in [0.25, 0.3) is 11.7 Å². The van der Waals surface area contributed by atoms with Crippen molar-refractivity contribution in [3.63, 3.8) is 0 Å². The second kappa shape index (κ2) is 5.25. The monoisotopic (exact) mass is 277 g/mol. The third-order valence-electron chi connectivity index (χ3n) is 3.03. The van der Waals surface area contributed by atoms with Crippen molar-refractivity contribution < 1.29 is 19.1 Å². The minimum absolute atomic E-state index is 0.268. The van der Waals surface area contributed by atoms with E-state index in [2.05, 4.69) is 0 Å². The summed E-state index contributed by atoms with van der Waals surface area (Å²) in [5.41, 5.74) is 0.749. The molecule has 0 bridgehead atoms. The maximum atomic E-state index is 12.0. The molecule has 1 heterocycles. The first-order chi connectivity index (χ1) is 9.33. The smallest absolute Gasteiger partial charge is 0.299 e. The molecule has 0 aromatic heterocycles. The molecule has 1 aromatic carbocycles. The number of fused-ring (bicyclic) bond motifs is 1. The molecule has 5 nitrogen and oxygen atoms in total. The van der Waals surface area contributed by atoms with Crippen LogP contribution in [0.3, 0.4) is 0 Å². The lowest BCUT2D eigenvalue weighted by Crippen LogP contribution is -2.34. The van der Waals surface area contributed by atoms with Crippen LogP contribution in [-0.2, 0) is 9.53 Å². The Balaban J connectivity index is 2.17. The van der Waals surface area contributed by atoms with E-state index in [9.17, 15) is 9.59 Å². The molecule has 0 saturated heterocycles. The zero-order valence-electron chi connectivity index (χ0n) is 12.2. The summed E-state index contributed by atoms with van der Waals surface area (Å²) < 4.78 is 10.7. The van der Waals surface area contributed by atoms with Crippen molar-refractivity contribution in [2.24, 2.45) is 0 Å². The van der Waals surface area contributed by atoms with Crippen molar-refractivity contribution in [3.8, 4) is 5.75 Å². The number of rotatable bonds is 4. The van der Waals surface area contributed by atoms with Crippen LogP contribution in [-0.4, -0.2) is 37.6 Å². The number of amides is 1. The number of hydrogen-bond donors (Lipinski definition) is 0. The van der Waals surface area contributed by atoms with E-state index >= 15 is 0 Å². The molecular weight excluding hydrogens is 258 g/mol. The second-order valence-corrected chi connectivity index (χ2v) is 5.63. The fourth-order valence-corrected chi connectivity index (χ4v) is 2.07. The summed E-state index contributed by atoms with van der Waals surface area (Å²) in [5.74, 6) is -0.432. The van der Waals surface area contributed by atoms with Gasteiger partial charge in [-0.15, -0.1) is 0 Å². The highest BCUT2D eigenvalue weighted by atomic mass is 16.5. The minimum Gasteiger partial charge on any atom is -0.497 e. The van der Waals surface area contributed by atoms with Gasteiger partial charge in [-0.1, -0.05) is 0 Å². The third kappa shape index (κ3) is 2.82. The summed E-state index contributed by atoms with van der Waals surface area (Å²) in [6.45, 7) is 6.59. The second-order valence-electron chi connectivity index (χ2n) is 5.63. The Bertz CT molecular complexity index is 545.